The highest BCUT2D eigenvalue weighted by atomic mass is 19.1. The average molecular weight is 176 g/mol. The van der Waals surface area contributed by atoms with E-state index < -0.39 is 18.5 Å². The second-order valence-electron chi connectivity index (χ2n) is 2.26. The minimum atomic E-state index is -1.09. The first kappa shape index (κ1) is 8.90. The van der Waals surface area contributed by atoms with Gasteiger partial charge in [0.25, 0.3) is 0 Å². The highest BCUT2D eigenvalue weighted by molar-refractivity contribution is 5.33. The van der Waals surface area contributed by atoms with Crippen LogP contribution in [0.1, 0.15) is 5.56 Å². The van der Waals surface area contributed by atoms with E-state index in [2.05, 4.69) is 4.74 Å². The van der Waals surface area contributed by atoms with Crippen LogP contribution in [-0.4, -0.2) is 6.86 Å². The summed E-state index contributed by atoms with van der Waals surface area (Å²) in [4.78, 5) is 0. The van der Waals surface area contributed by atoms with E-state index in [9.17, 15) is 13.2 Å². The Morgan fingerprint density at radius 1 is 1.33 bits per heavy atom. The fourth-order valence-corrected chi connectivity index (χ4v) is 0.831. The topological polar surface area (TPSA) is 9.23 Å². The molecule has 0 aromatic heterocycles. The summed E-state index contributed by atoms with van der Waals surface area (Å²) in [5.41, 5.74) is 0.106. The van der Waals surface area contributed by atoms with Crippen LogP contribution in [0.25, 0.3) is 0 Å². The second-order valence-corrected chi connectivity index (χ2v) is 2.26. The number of hydrogen-bond acceptors (Lipinski definition) is 1. The highest BCUT2D eigenvalue weighted by Gasteiger charge is 2.07. The molecule has 0 aliphatic rings. The summed E-state index contributed by atoms with van der Waals surface area (Å²) >= 11 is 0. The summed E-state index contributed by atoms with van der Waals surface area (Å²) in [7, 11) is 0. The molecule has 1 aromatic carbocycles. The van der Waals surface area contributed by atoms with E-state index in [1.54, 1.807) is 0 Å². The zero-order chi connectivity index (χ0) is 9.14. The lowest BCUT2D eigenvalue weighted by Crippen LogP contribution is -1.96. The Morgan fingerprint density at radius 2 is 2.00 bits per heavy atom. The minimum absolute atomic E-state index is 0.102. The van der Waals surface area contributed by atoms with Gasteiger partial charge in [-0.1, -0.05) is 0 Å². The molecule has 0 saturated heterocycles. The van der Waals surface area contributed by atoms with Gasteiger partial charge < -0.3 is 4.74 Å². The van der Waals surface area contributed by atoms with Crippen LogP contribution in [0.3, 0.4) is 0 Å². The first-order chi connectivity index (χ1) is 5.65. The number of hydrogen-bond donors (Lipinski definition) is 0. The second kappa shape index (κ2) is 3.47. The van der Waals surface area contributed by atoms with Gasteiger partial charge in [-0.05, 0) is 6.92 Å². The van der Waals surface area contributed by atoms with Crippen LogP contribution < -0.4 is 4.74 Å². The van der Waals surface area contributed by atoms with Crippen molar-refractivity contribution in [1.82, 2.24) is 0 Å². The predicted molar refractivity (Wildman–Crippen MR) is 37.7 cm³/mol. The number of halogens is 3. The summed E-state index contributed by atoms with van der Waals surface area (Å²) in [5.74, 6) is -1.62. The van der Waals surface area contributed by atoms with Crippen molar-refractivity contribution in [1.29, 1.82) is 0 Å². The molecule has 0 spiro atoms. The van der Waals surface area contributed by atoms with E-state index in [1.807, 2.05) is 0 Å². The number of benzene rings is 1. The third-order valence-electron chi connectivity index (χ3n) is 1.47. The van der Waals surface area contributed by atoms with Crippen LogP contribution >= 0.6 is 0 Å². The predicted octanol–water partition coefficient (Wildman–Crippen LogP) is 2.58. The van der Waals surface area contributed by atoms with Gasteiger partial charge in [-0.3, -0.25) is 0 Å². The molecule has 0 aliphatic carbocycles. The van der Waals surface area contributed by atoms with E-state index in [0.29, 0.717) is 0 Å². The van der Waals surface area contributed by atoms with Gasteiger partial charge in [0, 0.05) is 17.7 Å². The molecule has 0 amide bonds. The van der Waals surface area contributed by atoms with Gasteiger partial charge in [0.2, 0.25) is 6.86 Å². The quantitative estimate of drug-likeness (QED) is 0.672. The van der Waals surface area contributed by atoms with Gasteiger partial charge in [0.1, 0.15) is 17.4 Å². The molecule has 0 saturated carbocycles. The average Bonchev–Trinajstić information content (AvgIpc) is 2.00. The number of ether oxygens (including phenoxy) is 1. The lowest BCUT2D eigenvalue weighted by atomic mass is 10.2. The third-order valence-corrected chi connectivity index (χ3v) is 1.47. The van der Waals surface area contributed by atoms with Crippen LogP contribution in [-0.2, 0) is 0 Å². The van der Waals surface area contributed by atoms with Gasteiger partial charge >= 0.3 is 0 Å². The summed E-state index contributed by atoms with van der Waals surface area (Å²) in [6.07, 6.45) is 0. The standard InChI is InChI=1S/C8H7F3O/c1-5-7(11)2-6(10)3-8(5)12-4-9/h2-3H,4H2,1H3. The maximum atomic E-state index is 12.7. The van der Waals surface area contributed by atoms with Crippen molar-refractivity contribution >= 4 is 0 Å². The van der Waals surface area contributed by atoms with E-state index in [0.717, 1.165) is 12.1 Å². The van der Waals surface area contributed by atoms with Crippen molar-refractivity contribution in [2.24, 2.45) is 0 Å². The Bertz CT molecular complexity index is 286. The van der Waals surface area contributed by atoms with Crippen LogP contribution in [0.5, 0.6) is 5.75 Å². The SMILES string of the molecule is Cc1c(F)cc(F)cc1OCF. The van der Waals surface area contributed by atoms with Crippen molar-refractivity contribution in [2.75, 3.05) is 6.86 Å². The Kier molecular flexibility index (Phi) is 2.58. The normalized spacial score (nSPS) is 10.0. The maximum absolute atomic E-state index is 12.7. The monoisotopic (exact) mass is 176 g/mol. The molecule has 4 heteroatoms. The Hall–Kier alpha value is -1.19. The molecule has 1 nitrogen and oxygen atoms in total. The molecule has 1 rings (SSSR count). The van der Waals surface area contributed by atoms with Crippen molar-refractivity contribution in [2.45, 2.75) is 6.92 Å². The summed E-state index contributed by atoms with van der Waals surface area (Å²) in [6.45, 7) is 0.295. The third kappa shape index (κ3) is 1.69. The van der Waals surface area contributed by atoms with Crippen molar-refractivity contribution in [3.05, 3.63) is 29.3 Å². The first-order valence-corrected chi connectivity index (χ1v) is 3.29. The largest absolute Gasteiger partial charge is 0.462 e. The fourth-order valence-electron chi connectivity index (χ4n) is 0.831. The number of rotatable bonds is 2. The Morgan fingerprint density at radius 3 is 2.58 bits per heavy atom. The zero-order valence-electron chi connectivity index (χ0n) is 6.40. The minimum Gasteiger partial charge on any atom is -0.462 e. The molecule has 0 fully saturated rings. The van der Waals surface area contributed by atoms with Crippen LogP contribution in [0, 0.1) is 18.6 Å². The molecule has 0 heterocycles. The van der Waals surface area contributed by atoms with Crippen molar-refractivity contribution in [3.63, 3.8) is 0 Å². The van der Waals surface area contributed by atoms with E-state index in [4.69, 9.17) is 0 Å². The molecular weight excluding hydrogens is 169 g/mol. The Labute approximate surface area is 67.8 Å². The van der Waals surface area contributed by atoms with Crippen molar-refractivity contribution in [3.8, 4) is 5.75 Å². The zero-order valence-corrected chi connectivity index (χ0v) is 6.40. The van der Waals surface area contributed by atoms with Gasteiger partial charge in [0.15, 0.2) is 0 Å². The van der Waals surface area contributed by atoms with E-state index in [1.165, 1.54) is 6.92 Å². The maximum Gasteiger partial charge on any atom is 0.228 e. The molecule has 0 bridgehead atoms. The molecule has 12 heavy (non-hydrogen) atoms. The molecule has 66 valence electrons. The summed E-state index contributed by atoms with van der Waals surface area (Å²) in [6, 6.07) is 1.67. The van der Waals surface area contributed by atoms with E-state index in [-0.39, 0.29) is 11.3 Å². The lowest BCUT2D eigenvalue weighted by molar-refractivity contribution is 0.189. The molecule has 1 aromatic rings. The molecular formula is C8H7F3O. The fraction of sp³-hybridized carbons (Fsp3) is 0.250. The van der Waals surface area contributed by atoms with Crippen LogP contribution in [0.15, 0.2) is 12.1 Å². The summed E-state index contributed by atoms with van der Waals surface area (Å²) in [5, 5.41) is 0. The van der Waals surface area contributed by atoms with Crippen LogP contribution in [0.4, 0.5) is 13.2 Å². The highest BCUT2D eigenvalue weighted by Crippen LogP contribution is 2.22. The Balaban J connectivity index is 3.09. The molecule has 0 aliphatic heterocycles. The van der Waals surface area contributed by atoms with Gasteiger partial charge in [-0.25, -0.2) is 13.2 Å². The number of alkyl halides is 1. The van der Waals surface area contributed by atoms with E-state index >= 15 is 0 Å². The summed E-state index contributed by atoms with van der Waals surface area (Å²) < 4.78 is 41.2. The molecule has 0 N–H and O–H groups in total. The van der Waals surface area contributed by atoms with Crippen molar-refractivity contribution < 1.29 is 17.9 Å². The lowest BCUT2D eigenvalue weighted by Gasteiger charge is -2.05. The molecule has 0 radical (unpaired) electrons. The van der Waals surface area contributed by atoms with Gasteiger partial charge in [-0.2, -0.15) is 0 Å². The molecule has 0 unspecified atom stereocenters. The van der Waals surface area contributed by atoms with Gasteiger partial charge in [0.05, 0.1) is 0 Å². The van der Waals surface area contributed by atoms with Crippen LogP contribution in [0.2, 0.25) is 0 Å². The van der Waals surface area contributed by atoms with Gasteiger partial charge in [-0.15, -0.1) is 0 Å². The molecule has 0 atom stereocenters. The first-order valence-electron chi connectivity index (χ1n) is 3.29. The smallest absolute Gasteiger partial charge is 0.228 e.